The highest BCUT2D eigenvalue weighted by molar-refractivity contribution is 5.35. The average molecular weight is 177 g/mol. The van der Waals surface area contributed by atoms with Gasteiger partial charge in [-0.1, -0.05) is 0 Å². The van der Waals surface area contributed by atoms with Crippen LogP contribution >= 0.6 is 0 Å². The Bertz CT molecular complexity index is 336. The maximum Gasteiger partial charge on any atom is 0.0855 e. The summed E-state index contributed by atoms with van der Waals surface area (Å²) in [6.45, 7) is 0. The molecule has 1 aromatic heterocycles. The molecule has 0 aromatic carbocycles. The molecular weight excluding hydrogens is 162 g/mol. The Kier molecular flexibility index (Phi) is 1.37. The Morgan fingerprint density at radius 2 is 2.08 bits per heavy atom. The van der Waals surface area contributed by atoms with Gasteiger partial charge in [-0.05, 0) is 44.1 Å². The summed E-state index contributed by atoms with van der Waals surface area (Å²) in [6.07, 6.45) is 7.11. The fraction of sp³-hybridized carbons (Fsp3) is 0.700. The number of nitrogens with two attached hydrogens (primary N) is 1. The Morgan fingerprint density at radius 1 is 1.23 bits per heavy atom. The molecule has 70 valence electrons. The van der Waals surface area contributed by atoms with Crippen LogP contribution in [0, 0.1) is 0 Å². The van der Waals surface area contributed by atoms with Gasteiger partial charge in [0.1, 0.15) is 0 Å². The molecule has 0 aliphatic heterocycles. The minimum Gasteiger partial charge on any atom is -0.320 e. The second kappa shape index (κ2) is 2.35. The van der Waals surface area contributed by atoms with E-state index in [9.17, 15) is 0 Å². The summed E-state index contributed by atoms with van der Waals surface area (Å²) in [6, 6.07) is 0. The Labute approximate surface area is 77.7 Å². The number of aromatic nitrogens is 2. The van der Waals surface area contributed by atoms with Gasteiger partial charge in [-0.15, -0.1) is 0 Å². The quantitative estimate of drug-likeness (QED) is 0.678. The SMILES string of the molecule is NC1(c2n[nH]c3c2CCC3)CCC1. The van der Waals surface area contributed by atoms with E-state index in [-0.39, 0.29) is 5.54 Å². The number of H-pyrrole nitrogens is 1. The van der Waals surface area contributed by atoms with E-state index in [1.54, 1.807) is 0 Å². The van der Waals surface area contributed by atoms with Crippen molar-refractivity contribution >= 4 is 0 Å². The molecule has 13 heavy (non-hydrogen) atoms. The fourth-order valence-corrected chi connectivity index (χ4v) is 2.53. The normalized spacial score (nSPS) is 24.1. The maximum atomic E-state index is 6.26. The average Bonchev–Trinajstić information content (AvgIpc) is 2.59. The molecule has 2 aliphatic carbocycles. The summed E-state index contributed by atoms with van der Waals surface area (Å²) in [4.78, 5) is 0. The van der Waals surface area contributed by atoms with Gasteiger partial charge in [0.15, 0.2) is 0 Å². The summed E-state index contributed by atoms with van der Waals surface area (Å²) in [7, 11) is 0. The number of fused-ring (bicyclic) bond motifs is 1. The van der Waals surface area contributed by atoms with Gasteiger partial charge in [0.05, 0.1) is 11.2 Å². The van der Waals surface area contributed by atoms with Crippen molar-refractivity contribution in [3.05, 3.63) is 17.0 Å². The number of rotatable bonds is 1. The minimum atomic E-state index is -0.0750. The molecule has 0 radical (unpaired) electrons. The molecule has 1 saturated carbocycles. The fourth-order valence-electron chi connectivity index (χ4n) is 2.53. The Hall–Kier alpha value is -0.830. The molecule has 0 unspecified atom stereocenters. The predicted octanol–water partition coefficient (Wildman–Crippen LogP) is 1.24. The molecule has 2 aliphatic rings. The second-order valence-corrected chi connectivity index (χ2v) is 4.39. The molecule has 3 rings (SSSR count). The molecular formula is C10H15N3. The molecule has 0 spiro atoms. The van der Waals surface area contributed by atoms with Crippen LogP contribution in [0.25, 0.3) is 0 Å². The van der Waals surface area contributed by atoms with E-state index in [1.165, 1.54) is 42.6 Å². The highest BCUT2D eigenvalue weighted by atomic mass is 15.1. The smallest absolute Gasteiger partial charge is 0.0855 e. The second-order valence-electron chi connectivity index (χ2n) is 4.39. The molecule has 3 nitrogen and oxygen atoms in total. The monoisotopic (exact) mass is 177 g/mol. The van der Waals surface area contributed by atoms with Crippen LogP contribution in [0.1, 0.15) is 42.6 Å². The first-order chi connectivity index (χ1) is 6.30. The third-order valence-corrected chi connectivity index (χ3v) is 3.52. The van der Waals surface area contributed by atoms with E-state index in [2.05, 4.69) is 10.2 Å². The van der Waals surface area contributed by atoms with Crippen molar-refractivity contribution in [2.24, 2.45) is 5.73 Å². The van der Waals surface area contributed by atoms with E-state index in [0.29, 0.717) is 0 Å². The van der Waals surface area contributed by atoms with Gasteiger partial charge in [0.25, 0.3) is 0 Å². The van der Waals surface area contributed by atoms with Crippen LogP contribution in [-0.2, 0) is 18.4 Å². The molecule has 1 aromatic rings. The largest absolute Gasteiger partial charge is 0.320 e. The van der Waals surface area contributed by atoms with Gasteiger partial charge in [-0.2, -0.15) is 5.10 Å². The lowest BCUT2D eigenvalue weighted by molar-refractivity contribution is 0.244. The third kappa shape index (κ3) is 0.908. The number of hydrogen-bond donors (Lipinski definition) is 2. The van der Waals surface area contributed by atoms with Crippen LogP contribution in [0.4, 0.5) is 0 Å². The van der Waals surface area contributed by atoms with Crippen LogP contribution in [0.15, 0.2) is 0 Å². The standard InChI is InChI=1S/C10H15N3/c11-10(5-2-6-10)9-7-3-1-4-8(7)12-13-9/h1-6,11H2,(H,12,13). The summed E-state index contributed by atoms with van der Waals surface area (Å²) >= 11 is 0. The van der Waals surface area contributed by atoms with E-state index in [4.69, 9.17) is 5.73 Å². The maximum absolute atomic E-state index is 6.26. The van der Waals surface area contributed by atoms with Crippen LogP contribution in [0.3, 0.4) is 0 Å². The van der Waals surface area contributed by atoms with Gasteiger partial charge in [0.2, 0.25) is 0 Å². The minimum absolute atomic E-state index is 0.0750. The van der Waals surface area contributed by atoms with Crippen molar-refractivity contribution in [2.75, 3.05) is 0 Å². The first-order valence-electron chi connectivity index (χ1n) is 5.15. The predicted molar refractivity (Wildman–Crippen MR) is 50.3 cm³/mol. The summed E-state index contributed by atoms with van der Waals surface area (Å²) < 4.78 is 0. The molecule has 3 heteroatoms. The van der Waals surface area contributed by atoms with Gasteiger partial charge >= 0.3 is 0 Å². The number of aryl methyl sites for hydroxylation is 1. The summed E-state index contributed by atoms with van der Waals surface area (Å²) in [5.74, 6) is 0. The number of hydrogen-bond acceptors (Lipinski definition) is 2. The van der Waals surface area contributed by atoms with Crippen molar-refractivity contribution in [1.82, 2.24) is 10.2 Å². The van der Waals surface area contributed by atoms with Crippen molar-refractivity contribution in [3.63, 3.8) is 0 Å². The number of nitrogens with zero attached hydrogens (tertiary/aromatic N) is 1. The van der Waals surface area contributed by atoms with Crippen molar-refractivity contribution < 1.29 is 0 Å². The van der Waals surface area contributed by atoms with Gasteiger partial charge < -0.3 is 5.73 Å². The van der Waals surface area contributed by atoms with E-state index < -0.39 is 0 Å². The Morgan fingerprint density at radius 3 is 2.77 bits per heavy atom. The zero-order chi connectivity index (χ0) is 8.89. The molecule has 0 atom stereocenters. The number of nitrogens with one attached hydrogen (secondary N) is 1. The lowest BCUT2D eigenvalue weighted by atomic mass is 9.74. The number of aromatic amines is 1. The molecule has 0 bridgehead atoms. The molecule has 0 saturated heterocycles. The van der Waals surface area contributed by atoms with E-state index >= 15 is 0 Å². The zero-order valence-electron chi connectivity index (χ0n) is 7.77. The van der Waals surface area contributed by atoms with Gasteiger partial charge in [0, 0.05) is 5.69 Å². The lowest BCUT2D eigenvalue weighted by Crippen LogP contribution is -2.44. The van der Waals surface area contributed by atoms with Crippen LogP contribution in [0.2, 0.25) is 0 Å². The topological polar surface area (TPSA) is 54.7 Å². The highest BCUT2D eigenvalue weighted by Crippen LogP contribution is 2.41. The molecule has 1 heterocycles. The van der Waals surface area contributed by atoms with Gasteiger partial charge in [-0.3, -0.25) is 5.10 Å². The Balaban J connectivity index is 2.05. The zero-order valence-corrected chi connectivity index (χ0v) is 7.77. The van der Waals surface area contributed by atoms with Crippen molar-refractivity contribution in [3.8, 4) is 0 Å². The molecule has 3 N–H and O–H groups in total. The van der Waals surface area contributed by atoms with Crippen LogP contribution in [0.5, 0.6) is 0 Å². The summed E-state index contributed by atoms with van der Waals surface area (Å²) in [5.41, 5.74) is 10.1. The highest BCUT2D eigenvalue weighted by Gasteiger charge is 2.39. The first-order valence-corrected chi connectivity index (χ1v) is 5.15. The van der Waals surface area contributed by atoms with E-state index in [1.807, 2.05) is 0 Å². The van der Waals surface area contributed by atoms with Crippen LogP contribution in [-0.4, -0.2) is 10.2 Å². The molecule has 1 fully saturated rings. The summed E-state index contributed by atoms with van der Waals surface area (Å²) in [5, 5.41) is 7.51. The first kappa shape index (κ1) is 7.56. The van der Waals surface area contributed by atoms with Crippen LogP contribution < -0.4 is 5.73 Å². The van der Waals surface area contributed by atoms with Crippen molar-refractivity contribution in [1.29, 1.82) is 0 Å². The van der Waals surface area contributed by atoms with Gasteiger partial charge in [-0.25, -0.2) is 0 Å². The lowest BCUT2D eigenvalue weighted by Gasteiger charge is -2.37. The van der Waals surface area contributed by atoms with E-state index in [0.717, 1.165) is 12.8 Å². The molecule has 0 amide bonds. The van der Waals surface area contributed by atoms with Crippen molar-refractivity contribution in [2.45, 2.75) is 44.1 Å². The third-order valence-electron chi connectivity index (χ3n) is 3.52.